The molecule has 3 heteroatoms. The van der Waals surface area contributed by atoms with Gasteiger partial charge in [-0.05, 0) is 17.9 Å². The lowest BCUT2D eigenvalue weighted by molar-refractivity contribution is -0.180. The van der Waals surface area contributed by atoms with Gasteiger partial charge in [-0.15, -0.1) is 6.58 Å². The van der Waals surface area contributed by atoms with Crippen molar-refractivity contribution in [2.75, 3.05) is 0 Å². The SMILES string of the molecule is C=CC(CC(C)C)(c1ccccc1)C(F)(F)F. The number of hydrogen-bond donors (Lipinski definition) is 0. The molecule has 0 aliphatic rings. The van der Waals surface area contributed by atoms with E-state index in [0.29, 0.717) is 0 Å². The van der Waals surface area contributed by atoms with Gasteiger partial charge in [-0.25, -0.2) is 0 Å². The largest absolute Gasteiger partial charge is 0.401 e. The van der Waals surface area contributed by atoms with E-state index in [4.69, 9.17) is 0 Å². The van der Waals surface area contributed by atoms with Crippen LogP contribution >= 0.6 is 0 Å². The summed E-state index contributed by atoms with van der Waals surface area (Å²) in [5.41, 5.74) is -1.68. The Labute approximate surface area is 100 Å². The van der Waals surface area contributed by atoms with Crippen LogP contribution in [0.15, 0.2) is 43.0 Å². The fourth-order valence-corrected chi connectivity index (χ4v) is 2.09. The Hall–Kier alpha value is -1.25. The third-order valence-electron chi connectivity index (χ3n) is 2.87. The van der Waals surface area contributed by atoms with E-state index in [1.807, 2.05) is 0 Å². The van der Waals surface area contributed by atoms with Crippen molar-refractivity contribution < 1.29 is 13.2 Å². The highest BCUT2D eigenvalue weighted by atomic mass is 19.4. The second-order valence-electron chi connectivity index (χ2n) is 4.64. The number of alkyl halides is 3. The predicted molar refractivity (Wildman–Crippen MR) is 63.8 cm³/mol. The molecule has 1 unspecified atom stereocenters. The zero-order valence-electron chi connectivity index (χ0n) is 10.1. The third-order valence-corrected chi connectivity index (χ3v) is 2.87. The highest BCUT2D eigenvalue weighted by Crippen LogP contribution is 2.46. The molecule has 0 fully saturated rings. The Morgan fingerprint density at radius 3 is 2.06 bits per heavy atom. The summed E-state index contributed by atoms with van der Waals surface area (Å²) in [6.07, 6.45) is -3.27. The molecule has 0 nitrogen and oxygen atoms in total. The standard InChI is InChI=1S/C14H17F3/c1-4-13(10-11(2)3,14(15,16)17)12-8-6-5-7-9-12/h4-9,11H,1,10H2,2-3H3. The molecule has 94 valence electrons. The van der Waals surface area contributed by atoms with Gasteiger partial charge in [0.05, 0.1) is 0 Å². The highest BCUT2D eigenvalue weighted by Gasteiger charge is 2.53. The van der Waals surface area contributed by atoms with Crippen LogP contribution < -0.4 is 0 Å². The molecule has 0 spiro atoms. The molecule has 0 aliphatic carbocycles. The van der Waals surface area contributed by atoms with Crippen molar-refractivity contribution in [3.8, 4) is 0 Å². The van der Waals surface area contributed by atoms with E-state index in [1.165, 1.54) is 12.1 Å². The average Bonchev–Trinajstić information content (AvgIpc) is 2.25. The van der Waals surface area contributed by atoms with Crippen LogP contribution in [-0.4, -0.2) is 6.18 Å². The number of rotatable bonds is 4. The number of halogens is 3. The Balaban J connectivity index is 3.32. The van der Waals surface area contributed by atoms with Gasteiger partial charge in [0.1, 0.15) is 5.41 Å². The van der Waals surface area contributed by atoms with Crippen molar-refractivity contribution in [3.63, 3.8) is 0 Å². The maximum absolute atomic E-state index is 13.4. The molecule has 0 saturated heterocycles. The molecule has 1 aromatic carbocycles. The molecular formula is C14H17F3. The molecule has 1 aromatic rings. The molecule has 0 saturated carbocycles. The summed E-state index contributed by atoms with van der Waals surface area (Å²) in [6.45, 7) is 6.98. The van der Waals surface area contributed by atoms with Gasteiger partial charge in [0.25, 0.3) is 0 Å². The molecule has 0 heterocycles. The molecule has 0 bridgehead atoms. The predicted octanol–water partition coefficient (Wildman–Crippen LogP) is 4.72. The first kappa shape index (κ1) is 13.8. The van der Waals surface area contributed by atoms with Gasteiger partial charge in [0.2, 0.25) is 0 Å². The van der Waals surface area contributed by atoms with Crippen LogP contribution in [0.1, 0.15) is 25.8 Å². The van der Waals surface area contributed by atoms with Crippen LogP contribution in [0.2, 0.25) is 0 Å². The van der Waals surface area contributed by atoms with Crippen LogP contribution in [0.5, 0.6) is 0 Å². The Morgan fingerprint density at radius 2 is 1.71 bits per heavy atom. The average molecular weight is 242 g/mol. The first-order valence-corrected chi connectivity index (χ1v) is 5.59. The van der Waals surface area contributed by atoms with Crippen molar-refractivity contribution in [2.45, 2.75) is 31.9 Å². The van der Waals surface area contributed by atoms with E-state index in [9.17, 15) is 13.2 Å². The van der Waals surface area contributed by atoms with E-state index < -0.39 is 11.6 Å². The minimum atomic E-state index is -4.32. The number of allylic oxidation sites excluding steroid dienone is 1. The van der Waals surface area contributed by atoms with Crippen molar-refractivity contribution in [2.24, 2.45) is 5.92 Å². The third kappa shape index (κ3) is 2.71. The molecular weight excluding hydrogens is 225 g/mol. The fourth-order valence-electron chi connectivity index (χ4n) is 2.09. The van der Waals surface area contributed by atoms with Crippen molar-refractivity contribution in [3.05, 3.63) is 48.6 Å². The molecule has 0 aliphatic heterocycles. The summed E-state index contributed by atoms with van der Waals surface area (Å²) in [6, 6.07) is 7.98. The second kappa shape index (κ2) is 4.94. The minimum Gasteiger partial charge on any atom is -0.170 e. The van der Waals surface area contributed by atoms with Crippen LogP contribution in [0.25, 0.3) is 0 Å². The van der Waals surface area contributed by atoms with E-state index in [2.05, 4.69) is 6.58 Å². The van der Waals surface area contributed by atoms with Crippen LogP contribution in [-0.2, 0) is 5.41 Å². The Kier molecular flexibility index (Phi) is 4.02. The summed E-state index contributed by atoms with van der Waals surface area (Å²) in [4.78, 5) is 0. The summed E-state index contributed by atoms with van der Waals surface area (Å²) in [5.74, 6) is -0.0603. The van der Waals surface area contributed by atoms with Crippen LogP contribution in [0, 0.1) is 5.92 Å². The quantitative estimate of drug-likeness (QED) is 0.670. The summed E-state index contributed by atoms with van der Waals surface area (Å²) < 4.78 is 40.1. The lowest BCUT2D eigenvalue weighted by atomic mass is 9.74. The maximum Gasteiger partial charge on any atom is 0.401 e. The van der Waals surface area contributed by atoms with E-state index in [0.717, 1.165) is 6.08 Å². The molecule has 0 radical (unpaired) electrons. The summed E-state index contributed by atoms with van der Waals surface area (Å²) in [5, 5.41) is 0. The number of benzene rings is 1. The molecule has 1 rings (SSSR count). The Bertz CT molecular complexity index is 365. The van der Waals surface area contributed by atoms with Gasteiger partial charge >= 0.3 is 6.18 Å². The van der Waals surface area contributed by atoms with Gasteiger partial charge in [0, 0.05) is 0 Å². The molecule has 0 amide bonds. The smallest absolute Gasteiger partial charge is 0.170 e. The van der Waals surface area contributed by atoms with Crippen molar-refractivity contribution >= 4 is 0 Å². The van der Waals surface area contributed by atoms with Crippen LogP contribution in [0.3, 0.4) is 0 Å². The normalized spacial score (nSPS) is 15.6. The first-order valence-electron chi connectivity index (χ1n) is 5.59. The van der Waals surface area contributed by atoms with Gasteiger partial charge in [-0.1, -0.05) is 50.3 Å². The Morgan fingerprint density at radius 1 is 1.18 bits per heavy atom. The van der Waals surface area contributed by atoms with E-state index >= 15 is 0 Å². The second-order valence-corrected chi connectivity index (χ2v) is 4.64. The van der Waals surface area contributed by atoms with E-state index in [1.54, 1.807) is 32.0 Å². The fraction of sp³-hybridized carbons (Fsp3) is 0.429. The van der Waals surface area contributed by atoms with Crippen molar-refractivity contribution in [1.82, 2.24) is 0 Å². The summed E-state index contributed by atoms with van der Waals surface area (Å²) in [7, 11) is 0. The van der Waals surface area contributed by atoms with Crippen molar-refractivity contribution in [1.29, 1.82) is 0 Å². The molecule has 0 aromatic heterocycles. The van der Waals surface area contributed by atoms with Crippen LogP contribution in [0.4, 0.5) is 13.2 Å². The highest BCUT2D eigenvalue weighted by molar-refractivity contribution is 5.32. The lowest BCUT2D eigenvalue weighted by Crippen LogP contribution is -2.41. The first-order chi connectivity index (χ1) is 7.83. The lowest BCUT2D eigenvalue weighted by Gasteiger charge is -2.35. The monoisotopic (exact) mass is 242 g/mol. The van der Waals surface area contributed by atoms with Gasteiger partial charge in [-0.2, -0.15) is 13.2 Å². The zero-order chi connectivity index (χ0) is 13.1. The van der Waals surface area contributed by atoms with E-state index in [-0.39, 0.29) is 17.9 Å². The van der Waals surface area contributed by atoms with Gasteiger partial charge in [0.15, 0.2) is 0 Å². The zero-order valence-corrected chi connectivity index (χ0v) is 10.1. The maximum atomic E-state index is 13.4. The molecule has 1 atom stereocenters. The topological polar surface area (TPSA) is 0 Å². The molecule has 0 N–H and O–H groups in total. The summed E-state index contributed by atoms with van der Waals surface area (Å²) >= 11 is 0. The minimum absolute atomic E-state index is 0.0179. The molecule has 17 heavy (non-hydrogen) atoms. The number of hydrogen-bond acceptors (Lipinski definition) is 0. The van der Waals surface area contributed by atoms with Gasteiger partial charge < -0.3 is 0 Å². The van der Waals surface area contributed by atoms with Gasteiger partial charge in [-0.3, -0.25) is 0 Å².